The Balaban J connectivity index is 2.22. The predicted molar refractivity (Wildman–Crippen MR) is 73.6 cm³/mol. The Labute approximate surface area is 109 Å². The molecule has 3 nitrogen and oxygen atoms in total. The van der Waals surface area contributed by atoms with E-state index in [2.05, 4.69) is 4.98 Å². The number of nitrogens with zero attached hydrogens (tertiary/aromatic N) is 1. The molecule has 2 aromatic carbocycles. The molecule has 0 radical (unpaired) electrons. The third-order valence-electron chi connectivity index (χ3n) is 2.90. The molecular formula is C14H11ClN2O. The second kappa shape index (κ2) is 4.03. The Bertz CT molecular complexity index is 734. The van der Waals surface area contributed by atoms with E-state index >= 15 is 0 Å². The number of nitrogens with two attached hydrogens (primary N) is 1. The zero-order valence-electron chi connectivity index (χ0n) is 9.77. The first kappa shape index (κ1) is 11.1. The van der Waals surface area contributed by atoms with Gasteiger partial charge in [0.2, 0.25) is 5.89 Å². The summed E-state index contributed by atoms with van der Waals surface area (Å²) in [6, 6.07) is 11.1. The summed E-state index contributed by atoms with van der Waals surface area (Å²) < 4.78 is 5.70. The lowest BCUT2D eigenvalue weighted by Gasteiger charge is -2.03. The predicted octanol–water partition coefficient (Wildman–Crippen LogP) is 4.04. The van der Waals surface area contributed by atoms with E-state index in [-0.39, 0.29) is 0 Å². The number of halogens is 1. The summed E-state index contributed by atoms with van der Waals surface area (Å²) in [6.45, 7) is 1.96. The Kier molecular flexibility index (Phi) is 2.49. The molecule has 18 heavy (non-hydrogen) atoms. The number of aromatic nitrogens is 1. The molecule has 0 spiro atoms. The monoisotopic (exact) mass is 258 g/mol. The topological polar surface area (TPSA) is 52.0 Å². The van der Waals surface area contributed by atoms with Gasteiger partial charge in [0.1, 0.15) is 5.52 Å². The van der Waals surface area contributed by atoms with Crippen LogP contribution in [0.5, 0.6) is 0 Å². The molecule has 0 saturated heterocycles. The molecule has 0 atom stereocenters. The zero-order chi connectivity index (χ0) is 12.7. The van der Waals surface area contributed by atoms with Crippen LogP contribution < -0.4 is 5.73 Å². The SMILES string of the molecule is Cc1cccc(-c2nc3cc(Cl)ccc3o2)c1N. The van der Waals surface area contributed by atoms with Crippen molar-refractivity contribution < 1.29 is 4.42 Å². The molecule has 2 N–H and O–H groups in total. The minimum Gasteiger partial charge on any atom is -0.436 e. The lowest BCUT2D eigenvalue weighted by Crippen LogP contribution is -1.93. The van der Waals surface area contributed by atoms with E-state index in [1.165, 1.54) is 0 Å². The van der Waals surface area contributed by atoms with Crippen molar-refractivity contribution in [3.8, 4) is 11.5 Å². The number of hydrogen-bond acceptors (Lipinski definition) is 3. The third-order valence-corrected chi connectivity index (χ3v) is 3.14. The highest BCUT2D eigenvalue weighted by molar-refractivity contribution is 6.31. The van der Waals surface area contributed by atoms with E-state index in [0.717, 1.165) is 16.6 Å². The molecule has 1 heterocycles. The van der Waals surface area contributed by atoms with Gasteiger partial charge >= 0.3 is 0 Å². The Morgan fingerprint density at radius 2 is 2.06 bits per heavy atom. The van der Waals surface area contributed by atoms with E-state index in [4.69, 9.17) is 21.8 Å². The van der Waals surface area contributed by atoms with Crippen LogP contribution in [0, 0.1) is 6.92 Å². The van der Waals surface area contributed by atoms with Crippen molar-refractivity contribution in [1.82, 2.24) is 4.98 Å². The Morgan fingerprint density at radius 3 is 2.89 bits per heavy atom. The van der Waals surface area contributed by atoms with E-state index in [1.54, 1.807) is 18.2 Å². The summed E-state index contributed by atoms with van der Waals surface area (Å²) in [5.74, 6) is 0.522. The second-order valence-corrected chi connectivity index (χ2v) is 4.60. The van der Waals surface area contributed by atoms with Gasteiger partial charge in [-0.15, -0.1) is 0 Å². The molecule has 3 rings (SSSR count). The van der Waals surface area contributed by atoms with E-state index in [0.29, 0.717) is 22.2 Å². The van der Waals surface area contributed by atoms with Crippen LogP contribution in [-0.4, -0.2) is 4.98 Å². The van der Waals surface area contributed by atoms with Gasteiger partial charge in [0, 0.05) is 10.7 Å². The quantitative estimate of drug-likeness (QED) is 0.670. The first-order valence-corrected chi connectivity index (χ1v) is 5.94. The maximum absolute atomic E-state index is 6.04. The molecule has 0 unspecified atom stereocenters. The normalized spacial score (nSPS) is 11.0. The van der Waals surface area contributed by atoms with Crippen molar-refractivity contribution >= 4 is 28.4 Å². The van der Waals surface area contributed by atoms with Gasteiger partial charge in [0.15, 0.2) is 5.58 Å². The number of oxazole rings is 1. The fourth-order valence-corrected chi connectivity index (χ4v) is 2.05. The van der Waals surface area contributed by atoms with Gasteiger partial charge in [0.25, 0.3) is 0 Å². The molecule has 90 valence electrons. The molecule has 0 aliphatic heterocycles. The number of nitrogen functional groups attached to an aromatic ring is 1. The van der Waals surface area contributed by atoms with Crippen LogP contribution in [0.15, 0.2) is 40.8 Å². The summed E-state index contributed by atoms with van der Waals surface area (Å²) in [4.78, 5) is 4.41. The highest BCUT2D eigenvalue weighted by atomic mass is 35.5. The number of aryl methyl sites for hydroxylation is 1. The van der Waals surface area contributed by atoms with E-state index in [1.807, 2.05) is 25.1 Å². The van der Waals surface area contributed by atoms with Crippen LogP contribution in [0.2, 0.25) is 5.02 Å². The Hall–Kier alpha value is -2.00. The van der Waals surface area contributed by atoms with Crippen molar-refractivity contribution in [2.75, 3.05) is 5.73 Å². The molecule has 3 aromatic rings. The van der Waals surface area contributed by atoms with Crippen molar-refractivity contribution in [2.24, 2.45) is 0 Å². The minimum atomic E-state index is 0.522. The smallest absolute Gasteiger partial charge is 0.229 e. The average molecular weight is 259 g/mol. The highest BCUT2D eigenvalue weighted by Gasteiger charge is 2.12. The largest absolute Gasteiger partial charge is 0.436 e. The summed E-state index contributed by atoms with van der Waals surface area (Å²) in [5.41, 5.74) is 9.98. The minimum absolute atomic E-state index is 0.522. The first-order chi connectivity index (χ1) is 8.65. The number of benzene rings is 2. The lowest BCUT2D eigenvalue weighted by atomic mass is 10.1. The molecule has 0 bridgehead atoms. The van der Waals surface area contributed by atoms with Gasteiger partial charge in [0.05, 0.1) is 5.56 Å². The van der Waals surface area contributed by atoms with Crippen LogP contribution >= 0.6 is 11.6 Å². The average Bonchev–Trinajstić information content (AvgIpc) is 2.75. The van der Waals surface area contributed by atoms with Crippen LogP contribution in [0.4, 0.5) is 5.69 Å². The first-order valence-electron chi connectivity index (χ1n) is 5.57. The van der Waals surface area contributed by atoms with E-state index in [9.17, 15) is 0 Å². The van der Waals surface area contributed by atoms with Crippen molar-refractivity contribution in [2.45, 2.75) is 6.92 Å². The Morgan fingerprint density at radius 1 is 1.22 bits per heavy atom. The number of fused-ring (bicyclic) bond motifs is 1. The summed E-state index contributed by atoms with van der Waals surface area (Å²) >= 11 is 5.92. The van der Waals surface area contributed by atoms with Crippen LogP contribution in [0.25, 0.3) is 22.6 Å². The lowest BCUT2D eigenvalue weighted by molar-refractivity contribution is 0.620. The number of para-hydroxylation sites is 1. The van der Waals surface area contributed by atoms with Crippen LogP contribution in [-0.2, 0) is 0 Å². The van der Waals surface area contributed by atoms with Gasteiger partial charge < -0.3 is 10.2 Å². The number of hydrogen-bond donors (Lipinski definition) is 1. The summed E-state index contributed by atoms with van der Waals surface area (Å²) in [6.07, 6.45) is 0. The molecule has 0 fully saturated rings. The molecular weight excluding hydrogens is 248 g/mol. The standard InChI is InChI=1S/C14H11ClN2O/c1-8-3-2-4-10(13(8)16)14-17-11-7-9(15)5-6-12(11)18-14/h2-7H,16H2,1H3. The van der Waals surface area contributed by atoms with Crippen molar-refractivity contribution in [3.63, 3.8) is 0 Å². The van der Waals surface area contributed by atoms with Gasteiger partial charge in [-0.3, -0.25) is 0 Å². The van der Waals surface area contributed by atoms with Gasteiger partial charge in [-0.25, -0.2) is 4.98 Å². The van der Waals surface area contributed by atoms with Crippen LogP contribution in [0.1, 0.15) is 5.56 Å². The van der Waals surface area contributed by atoms with Gasteiger partial charge in [-0.05, 0) is 36.8 Å². The molecule has 1 aromatic heterocycles. The summed E-state index contributed by atoms with van der Waals surface area (Å²) in [7, 11) is 0. The highest BCUT2D eigenvalue weighted by Crippen LogP contribution is 2.31. The molecule has 0 saturated carbocycles. The van der Waals surface area contributed by atoms with Crippen molar-refractivity contribution in [3.05, 3.63) is 47.0 Å². The second-order valence-electron chi connectivity index (χ2n) is 4.17. The fourth-order valence-electron chi connectivity index (χ4n) is 1.88. The number of rotatable bonds is 1. The molecule has 0 aliphatic rings. The fraction of sp³-hybridized carbons (Fsp3) is 0.0714. The molecule has 0 aliphatic carbocycles. The van der Waals surface area contributed by atoms with Gasteiger partial charge in [-0.2, -0.15) is 0 Å². The maximum Gasteiger partial charge on any atom is 0.229 e. The summed E-state index contributed by atoms with van der Waals surface area (Å²) in [5, 5.41) is 0.638. The third kappa shape index (κ3) is 1.73. The molecule has 4 heteroatoms. The zero-order valence-corrected chi connectivity index (χ0v) is 10.5. The van der Waals surface area contributed by atoms with Crippen molar-refractivity contribution in [1.29, 1.82) is 0 Å². The van der Waals surface area contributed by atoms with Crippen LogP contribution in [0.3, 0.4) is 0 Å². The van der Waals surface area contributed by atoms with E-state index < -0.39 is 0 Å². The number of anilines is 1. The maximum atomic E-state index is 6.04. The molecule has 0 amide bonds. The van der Waals surface area contributed by atoms with Gasteiger partial charge in [-0.1, -0.05) is 23.7 Å².